The molecule has 30 heterocycles. The summed E-state index contributed by atoms with van der Waals surface area (Å²) < 4.78 is 103. The van der Waals surface area contributed by atoms with Crippen molar-refractivity contribution in [3.63, 3.8) is 0 Å². The van der Waals surface area contributed by atoms with Crippen molar-refractivity contribution < 1.29 is 157 Å². The third kappa shape index (κ3) is 27.1. The number of rotatable bonds is 40. The fourth-order valence-corrected chi connectivity index (χ4v) is 15.8. The molecule has 0 spiro atoms. The molecule has 0 radical (unpaired) electrons. The van der Waals surface area contributed by atoms with E-state index < -0.39 is 246 Å². The summed E-state index contributed by atoms with van der Waals surface area (Å²) in [7, 11) is 0. The summed E-state index contributed by atoms with van der Waals surface area (Å²) in [4.78, 5) is 0. The third-order valence-electron chi connectivity index (χ3n) is 22.7. The fraction of sp³-hybridized carbons (Fsp3) is 1.00. The molecular weight excluding hydrogens is 1600 g/mol. The van der Waals surface area contributed by atoms with Gasteiger partial charge in [-0.2, -0.15) is 0 Å². The lowest BCUT2D eigenvalue weighted by Crippen LogP contribution is -2.70. The molecule has 30 rings (SSSR count). The largest absolute Gasteiger partial charge is 0.387 e. The summed E-state index contributed by atoms with van der Waals surface area (Å²) in [6, 6.07) is 0. The van der Waals surface area contributed by atoms with Crippen LogP contribution in [-0.2, 0) is 75.8 Å². The Morgan fingerprint density at radius 2 is 0.250 bits per heavy atom. The van der Waals surface area contributed by atoms with Crippen LogP contribution >= 0.6 is 0 Å². The Morgan fingerprint density at radius 1 is 0.150 bits per heavy atom. The predicted molar refractivity (Wildman–Crippen MR) is 417 cm³/mol. The molecular formula is C72H144N16O32. The molecule has 0 aromatic heterocycles. The van der Waals surface area contributed by atoms with Crippen LogP contribution in [0.4, 0.5) is 0 Å². The zero-order chi connectivity index (χ0) is 86.7. The van der Waals surface area contributed by atoms with E-state index in [1.807, 2.05) is 0 Å². The fourth-order valence-electron chi connectivity index (χ4n) is 15.8. The zero-order valence-electron chi connectivity index (χ0n) is 68.0. The average Bonchev–Trinajstić information content (AvgIpc) is 0.772. The molecule has 30 fully saturated rings. The Labute approximate surface area is 697 Å². The van der Waals surface area contributed by atoms with Gasteiger partial charge in [0.15, 0.2) is 50.3 Å². The molecule has 0 saturated carbocycles. The van der Waals surface area contributed by atoms with Gasteiger partial charge < -0.3 is 246 Å². The first kappa shape index (κ1) is 102. The Kier molecular flexibility index (Phi) is 44.2. The first-order valence-electron chi connectivity index (χ1n) is 42.5. The molecule has 0 aromatic carbocycles. The lowest BCUT2D eigenvalue weighted by atomic mass is 9.94. The maximum Gasteiger partial charge on any atom is 0.187 e. The normalized spacial score (nSPS) is 43.8. The minimum atomic E-state index is -2.09. The van der Waals surface area contributed by atoms with Crippen molar-refractivity contribution in [1.29, 1.82) is 0 Å². The molecule has 16 bridgehead atoms. The minimum absolute atomic E-state index is 0.185. The number of nitrogens with two attached hydrogens (primary N) is 8. The van der Waals surface area contributed by atoms with E-state index in [0.29, 0.717) is 51.4 Å². The second-order valence-electron chi connectivity index (χ2n) is 31.8. The molecule has 0 aliphatic carbocycles. The summed E-state index contributed by atoms with van der Waals surface area (Å²) in [6.45, 7) is 2.81. The van der Waals surface area contributed by atoms with Crippen molar-refractivity contribution in [2.75, 3.05) is 157 Å². The number of hydrogen-bond acceptors (Lipinski definition) is 48. The maximum absolute atomic E-state index is 12.3. The van der Waals surface area contributed by atoms with Gasteiger partial charge >= 0.3 is 0 Å². The van der Waals surface area contributed by atoms with Crippen LogP contribution in [0.2, 0.25) is 0 Å². The lowest BCUT2D eigenvalue weighted by Gasteiger charge is -2.51. The average molecular weight is 1750 g/mol. The third-order valence-corrected chi connectivity index (χ3v) is 22.7. The quantitative estimate of drug-likeness (QED) is 0.0253. The molecule has 0 unspecified atom stereocenters. The van der Waals surface area contributed by atoms with Crippen LogP contribution in [0.5, 0.6) is 0 Å². The van der Waals surface area contributed by atoms with E-state index in [4.69, 9.17) is 122 Å². The van der Waals surface area contributed by atoms with E-state index in [0.717, 1.165) is 0 Å². The highest BCUT2D eigenvalue weighted by molar-refractivity contribution is 5.04. The van der Waals surface area contributed by atoms with Crippen molar-refractivity contribution >= 4 is 0 Å². The van der Waals surface area contributed by atoms with Crippen molar-refractivity contribution in [3.8, 4) is 0 Å². The maximum atomic E-state index is 12.3. The smallest absolute Gasteiger partial charge is 0.187 e. The molecule has 0 aromatic rings. The molecule has 40 atom stereocenters. The Bertz CT molecular complexity index is 2260. The topological polar surface area (TPSA) is 776 Å². The summed E-state index contributed by atoms with van der Waals surface area (Å²) in [6.07, 6.45) is -68.7. The van der Waals surface area contributed by atoms with Crippen LogP contribution in [0.3, 0.4) is 0 Å². The molecule has 0 amide bonds. The molecule has 48 nitrogen and oxygen atoms in total. The van der Waals surface area contributed by atoms with Gasteiger partial charge in [-0.1, -0.05) is 0 Å². The van der Waals surface area contributed by atoms with E-state index in [2.05, 4.69) is 42.5 Å². The van der Waals surface area contributed by atoms with Crippen LogP contribution in [0.15, 0.2) is 0 Å². The number of aliphatic hydroxyl groups is 16. The second kappa shape index (κ2) is 52.1. The Morgan fingerprint density at radius 3 is 0.342 bits per heavy atom. The molecule has 30 saturated heterocycles. The van der Waals surface area contributed by atoms with Crippen LogP contribution in [0.1, 0.15) is 51.4 Å². The van der Waals surface area contributed by atoms with Crippen molar-refractivity contribution in [2.24, 2.45) is 45.9 Å². The highest BCUT2D eigenvalue weighted by atomic mass is 16.8. The minimum Gasteiger partial charge on any atom is -0.387 e. The Balaban J connectivity index is 1.09. The molecule has 120 heavy (non-hydrogen) atoms. The van der Waals surface area contributed by atoms with Gasteiger partial charge in [0, 0.05) is 52.4 Å². The molecule has 30 aliphatic heterocycles. The number of ether oxygens (including phenoxy) is 16. The zero-order valence-corrected chi connectivity index (χ0v) is 68.0. The van der Waals surface area contributed by atoms with Gasteiger partial charge in [-0.25, -0.2) is 0 Å². The molecule has 704 valence electrons. The first-order chi connectivity index (χ1) is 57.9. The van der Waals surface area contributed by atoms with Crippen LogP contribution in [0, 0.1) is 0 Å². The van der Waals surface area contributed by atoms with Crippen LogP contribution in [0.25, 0.3) is 0 Å². The van der Waals surface area contributed by atoms with Gasteiger partial charge in [0.05, 0.1) is 0 Å². The number of hydrogen-bond donors (Lipinski definition) is 32. The molecule has 30 aliphatic rings. The van der Waals surface area contributed by atoms with E-state index >= 15 is 0 Å². The first-order valence-corrected chi connectivity index (χ1v) is 42.5. The van der Waals surface area contributed by atoms with E-state index in [1.54, 1.807) is 0 Å². The standard InChI is InChI=1S/C72H144N16O32/c73-9-1-17-81-25-33-57-41(89)49(97)65(105-33)114-58-34(26-82-18-2-10-74)107-67(51(99)43(58)91)116-60-36(28-84-20-4-12-76)109-69(53(101)45(60)93)118-62-38(30-86-22-6-14-78)111-71(55(103)47(62)95)120-64-40(32-88-24-8-16-80)112-72(56(104)48(64)96)119-63-39(31-87-23-7-15-79)110-70(54(102)46(63)94)117-61-37(29-85-21-5-13-77)108-68(52(100)44(61)92)115-59-35(27-83-19-3-11-75)106-66(113-57)50(98)42(59)90/h33-72,81-104H,1-32,73-80H2/t33-,34-,35-,36-,37-,38+,39+,40+,41-,42-,43-,44-,45-,46-,47-,48-,49-,50+,51-,52+,53+,54-,55+,56-,57-,58-,59-,60-,61-,62-,63-,64-,65-,66-,67-,68-,69-,70-,71-,72-/m1/s1. The van der Waals surface area contributed by atoms with Crippen molar-refractivity contribution in [2.45, 2.75) is 297 Å². The summed E-state index contributed by atoms with van der Waals surface area (Å²) in [5, 5.41) is 221. The van der Waals surface area contributed by atoms with E-state index in [1.165, 1.54) is 0 Å². The van der Waals surface area contributed by atoms with Crippen molar-refractivity contribution in [3.05, 3.63) is 0 Å². The molecule has 40 N–H and O–H groups in total. The van der Waals surface area contributed by atoms with Crippen LogP contribution in [-0.4, -0.2) is 484 Å². The summed E-state index contributed by atoms with van der Waals surface area (Å²) >= 11 is 0. The predicted octanol–water partition coefficient (Wildman–Crippen LogP) is -17.8. The van der Waals surface area contributed by atoms with Crippen LogP contribution < -0.4 is 88.4 Å². The lowest BCUT2D eigenvalue weighted by molar-refractivity contribution is -0.399. The second-order valence-corrected chi connectivity index (χ2v) is 31.8. The Hall–Kier alpha value is -1.92. The van der Waals surface area contributed by atoms with Gasteiger partial charge in [-0.3, -0.25) is 0 Å². The monoisotopic (exact) mass is 1750 g/mol. The van der Waals surface area contributed by atoms with Gasteiger partial charge in [0.2, 0.25) is 0 Å². The SMILES string of the molecule is NCCCNC[C@@H]1O[C@@H]2O[C@H]3[C@H](O)[C@@H](O)[C@@H](O[C@H]4[C@H](O)[C@@H](O)[C@@H](O[C@H]5[C@H](O)[C@H](O)[C@@H](O[C@H]6[C@H](O)[C@H](O)[C@@H](O[C@H]7[C@H](O)[C@@H](O)[C@@H](O[C@H]8[C@H](O)[C@@H](O)[C@@H](O[C@H]9[C@H](O)[C@H](O)[C@@H](O[C@H]1[C@H](O)[C@@H]2O)O[C@@H]9CNCCCN)O[C@@H]8CNCCCN)O[C@@H]7CNCCCN)O[C@@H]6CNCCCN)O[C@@H]5CNCCCN)O[C@H]4CNCCCN)O[C@H]3CNCCCN. The highest BCUT2D eigenvalue weighted by Gasteiger charge is 2.61. The summed E-state index contributed by atoms with van der Waals surface area (Å²) in [5.74, 6) is 0. The van der Waals surface area contributed by atoms with Gasteiger partial charge in [-0.15, -0.1) is 0 Å². The van der Waals surface area contributed by atoms with Gasteiger partial charge in [0.25, 0.3) is 0 Å². The summed E-state index contributed by atoms with van der Waals surface area (Å²) in [5.41, 5.74) is 46.9. The highest BCUT2D eigenvalue weighted by Crippen LogP contribution is 2.40. The number of nitrogens with one attached hydrogen (secondary N) is 8. The van der Waals surface area contributed by atoms with Gasteiger partial charge in [-0.05, 0) is 156 Å². The molecule has 48 heteroatoms. The van der Waals surface area contributed by atoms with E-state index in [-0.39, 0.29) is 157 Å². The van der Waals surface area contributed by atoms with Crippen molar-refractivity contribution in [1.82, 2.24) is 42.5 Å². The number of aliphatic hydroxyl groups excluding tert-OH is 16. The van der Waals surface area contributed by atoms with E-state index in [9.17, 15) is 81.7 Å². The van der Waals surface area contributed by atoms with Gasteiger partial charge in [0.1, 0.15) is 195 Å².